The number of benzene rings is 1. The van der Waals surface area contributed by atoms with E-state index in [0.717, 1.165) is 38.5 Å². The van der Waals surface area contributed by atoms with E-state index in [1.54, 1.807) is 0 Å². The van der Waals surface area contributed by atoms with Gasteiger partial charge >= 0.3 is 0 Å². The predicted molar refractivity (Wildman–Crippen MR) is 72.9 cm³/mol. The van der Waals surface area contributed by atoms with Gasteiger partial charge in [0.2, 0.25) is 0 Å². The smallest absolute Gasteiger partial charge is 0.119 e. The maximum absolute atomic E-state index is 5.80. The van der Waals surface area contributed by atoms with Crippen molar-refractivity contribution in [3.63, 3.8) is 0 Å². The van der Waals surface area contributed by atoms with Gasteiger partial charge in [-0.2, -0.15) is 0 Å². The van der Waals surface area contributed by atoms with E-state index < -0.39 is 0 Å². The Morgan fingerprint density at radius 3 is 2.50 bits per heavy atom. The Morgan fingerprint density at radius 1 is 1.33 bits per heavy atom. The minimum atomic E-state index is 0.200. The molecular formula is C15H23NO2. The lowest BCUT2D eigenvalue weighted by atomic mass is 9.90. The summed E-state index contributed by atoms with van der Waals surface area (Å²) in [5, 5.41) is 0. The summed E-state index contributed by atoms with van der Waals surface area (Å²) in [5.74, 6) is 1.45. The van der Waals surface area contributed by atoms with Crippen LogP contribution in [-0.2, 0) is 4.74 Å². The first kappa shape index (κ1) is 13.4. The molecule has 0 bridgehead atoms. The molecule has 0 amide bonds. The highest BCUT2D eigenvalue weighted by atomic mass is 16.5. The van der Waals surface area contributed by atoms with Crippen molar-refractivity contribution in [2.45, 2.75) is 26.2 Å². The average Bonchev–Trinajstić information content (AvgIpc) is 2.35. The Morgan fingerprint density at radius 2 is 2.00 bits per heavy atom. The van der Waals surface area contributed by atoms with Crippen molar-refractivity contribution in [2.24, 2.45) is 11.1 Å². The normalized spacial score (nSPS) is 19.1. The van der Waals surface area contributed by atoms with Crippen LogP contribution in [0.15, 0.2) is 24.3 Å². The fourth-order valence-corrected chi connectivity index (χ4v) is 2.10. The standard InChI is InChI=1S/C15H23NO2/c1-12(7-8-16)13-3-5-14(6-4-13)18-11-15(2)9-17-10-15/h3-6,12H,7-11,16H2,1-2H3. The Labute approximate surface area is 109 Å². The SMILES string of the molecule is CC(CCN)c1ccc(OCC2(C)COC2)cc1. The van der Waals surface area contributed by atoms with Crippen LogP contribution in [0.1, 0.15) is 31.7 Å². The lowest BCUT2D eigenvalue weighted by Crippen LogP contribution is -2.44. The van der Waals surface area contributed by atoms with Crippen molar-refractivity contribution in [1.82, 2.24) is 0 Å². The first-order chi connectivity index (χ1) is 8.63. The summed E-state index contributed by atoms with van der Waals surface area (Å²) in [6, 6.07) is 8.36. The van der Waals surface area contributed by atoms with Gasteiger partial charge in [0.1, 0.15) is 5.75 Å². The van der Waals surface area contributed by atoms with Crippen LogP contribution in [0.3, 0.4) is 0 Å². The van der Waals surface area contributed by atoms with Crippen molar-refractivity contribution in [2.75, 3.05) is 26.4 Å². The predicted octanol–water partition coefficient (Wildman–Crippen LogP) is 2.55. The zero-order valence-corrected chi connectivity index (χ0v) is 11.3. The average molecular weight is 249 g/mol. The highest BCUT2D eigenvalue weighted by Crippen LogP contribution is 2.28. The Balaban J connectivity index is 1.87. The molecule has 1 aromatic rings. The fourth-order valence-electron chi connectivity index (χ4n) is 2.10. The van der Waals surface area contributed by atoms with Crippen molar-refractivity contribution >= 4 is 0 Å². The first-order valence-electron chi connectivity index (χ1n) is 6.63. The van der Waals surface area contributed by atoms with Crippen LogP contribution < -0.4 is 10.5 Å². The maximum atomic E-state index is 5.80. The zero-order valence-electron chi connectivity index (χ0n) is 11.3. The molecule has 0 spiro atoms. The molecule has 0 aliphatic carbocycles. The molecule has 2 N–H and O–H groups in total. The number of ether oxygens (including phenoxy) is 2. The zero-order chi connectivity index (χ0) is 13.0. The van der Waals surface area contributed by atoms with Crippen molar-refractivity contribution in [3.8, 4) is 5.75 Å². The summed E-state index contributed by atoms with van der Waals surface area (Å²) in [6.07, 6.45) is 1.02. The molecule has 1 heterocycles. The van der Waals surface area contributed by atoms with Crippen LogP contribution in [0.2, 0.25) is 0 Å². The second-order valence-corrected chi connectivity index (χ2v) is 5.64. The minimum absolute atomic E-state index is 0.200. The van der Waals surface area contributed by atoms with E-state index in [0.29, 0.717) is 5.92 Å². The van der Waals surface area contributed by atoms with E-state index in [9.17, 15) is 0 Å². The largest absolute Gasteiger partial charge is 0.493 e. The van der Waals surface area contributed by atoms with E-state index in [1.807, 2.05) is 12.1 Å². The van der Waals surface area contributed by atoms with Crippen molar-refractivity contribution in [3.05, 3.63) is 29.8 Å². The van der Waals surface area contributed by atoms with E-state index >= 15 is 0 Å². The molecule has 0 saturated carbocycles. The molecule has 0 radical (unpaired) electrons. The van der Waals surface area contributed by atoms with Gasteiger partial charge in [0, 0.05) is 5.41 Å². The summed E-state index contributed by atoms with van der Waals surface area (Å²) >= 11 is 0. The second-order valence-electron chi connectivity index (χ2n) is 5.64. The van der Waals surface area contributed by atoms with Gasteiger partial charge in [-0.25, -0.2) is 0 Å². The van der Waals surface area contributed by atoms with Gasteiger partial charge in [-0.05, 0) is 36.6 Å². The van der Waals surface area contributed by atoms with Crippen LogP contribution in [-0.4, -0.2) is 26.4 Å². The highest BCUT2D eigenvalue weighted by Gasteiger charge is 2.34. The number of nitrogens with two attached hydrogens (primary N) is 1. The molecule has 1 unspecified atom stereocenters. The summed E-state index contributed by atoms with van der Waals surface area (Å²) in [4.78, 5) is 0. The summed E-state index contributed by atoms with van der Waals surface area (Å²) in [6.45, 7) is 7.46. The van der Waals surface area contributed by atoms with E-state index in [2.05, 4.69) is 26.0 Å². The molecule has 18 heavy (non-hydrogen) atoms. The molecule has 2 rings (SSSR count). The van der Waals surface area contributed by atoms with Crippen LogP contribution in [0, 0.1) is 5.41 Å². The van der Waals surface area contributed by atoms with E-state index in [1.165, 1.54) is 5.56 Å². The number of hydrogen-bond donors (Lipinski definition) is 1. The first-order valence-corrected chi connectivity index (χ1v) is 6.63. The van der Waals surface area contributed by atoms with Crippen LogP contribution in [0.25, 0.3) is 0 Å². The van der Waals surface area contributed by atoms with Gasteiger partial charge in [-0.3, -0.25) is 0 Å². The van der Waals surface area contributed by atoms with Crippen LogP contribution in [0.4, 0.5) is 0 Å². The molecule has 1 fully saturated rings. The highest BCUT2D eigenvalue weighted by molar-refractivity contribution is 5.29. The molecule has 1 saturated heterocycles. The van der Waals surface area contributed by atoms with Gasteiger partial charge in [-0.1, -0.05) is 26.0 Å². The van der Waals surface area contributed by atoms with Crippen LogP contribution in [0.5, 0.6) is 5.75 Å². The van der Waals surface area contributed by atoms with Crippen molar-refractivity contribution in [1.29, 1.82) is 0 Å². The number of rotatable bonds is 6. The molecular weight excluding hydrogens is 226 g/mol. The molecule has 1 aliphatic rings. The molecule has 1 aromatic carbocycles. The molecule has 3 nitrogen and oxygen atoms in total. The Bertz CT molecular complexity index is 371. The van der Waals surface area contributed by atoms with Gasteiger partial charge in [-0.15, -0.1) is 0 Å². The summed E-state index contributed by atoms with van der Waals surface area (Å²) < 4.78 is 11.0. The van der Waals surface area contributed by atoms with Crippen LogP contribution >= 0.6 is 0 Å². The fraction of sp³-hybridized carbons (Fsp3) is 0.600. The molecule has 100 valence electrons. The molecule has 1 atom stereocenters. The van der Waals surface area contributed by atoms with Gasteiger partial charge in [0.05, 0.1) is 19.8 Å². The third-order valence-electron chi connectivity index (χ3n) is 3.54. The lowest BCUT2D eigenvalue weighted by molar-refractivity contribution is -0.120. The Hall–Kier alpha value is -1.06. The summed E-state index contributed by atoms with van der Waals surface area (Å²) in [5.41, 5.74) is 7.10. The monoisotopic (exact) mass is 249 g/mol. The molecule has 0 aromatic heterocycles. The quantitative estimate of drug-likeness (QED) is 0.842. The topological polar surface area (TPSA) is 44.5 Å². The second kappa shape index (κ2) is 5.72. The molecule has 1 aliphatic heterocycles. The third kappa shape index (κ3) is 3.24. The maximum Gasteiger partial charge on any atom is 0.119 e. The van der Waals surface area contributed by atoms with E-state index in [-0.39, 0.29) is 5.41 Å². The third-order valence-corrected chi connectivity index (χ3v) is 3.54. The van der Waals surface area contributed by atoms with Gasteiger partial charge < -0.3 is 15.2 Å². The Kier molecular flexibility index (Phi) is 4.25. The van der Waals surface area contributed by atoms with Gasteiger partial charge in [0.25, 0.3) is 0 Å². The molecule has 3 heteroatoms. The van der Waals surface area contributed by atoms with Gasteiger partial charge in [0.15, 0.2) is 0 Å². The lowest BCUT2D eigenvalue weighted by Gasteiger charge is -2.37. The minimum Gasteiger partial charge on any atom is -0.493 e. The number of hydrogen-bond acceptors (Lipinski definition) is 3. The van der Waals surface area contributed by atoms with E-state index in [4.69, 9.17) is 15.2 Å². The summed E-state index contributed by atoms with van der Waals surface area (Å²) in [7, 11) is 0. The van der Waals surface area contributed by atoms with Crippen molar-refractivity contribution < 1.29 is 9.47 Å².